The van der Waals surface area contributed by atoms with Crippen LogP contribution in [0.3, 0.4) is 0 Å². The van der Waals surface area contributed by atoms with Gasteiger partial charge in [-0.15, -0.1) is 12.6 Å². The van der Waals surface area contributed by atoms with E-state index in [9.17, 15) is 0 Å². The molecule has 0 fully saturated rings. The van der Waals surface area contributed by atoms with E-state index in [1.165, 1.54) is 0 Å². The maximum absolute atomic E-state index is 8.84. The van der Waals surface area contributed by atoms with E-state index in [4.69, 9.17) is 5.11 Å². The van der Waals surface area contributed by atoms with Crippen molar-refractivity contribution in [3.05, 3.63) is 24.3 Å². The summed E-state index contributed by atoms with van der Waals surface area (Å²) in [4.78, 5) is 0.618. The summed E-state index contributed by atoms with van der Waals surface area (Å²) in [5, 5.41) is 8.84. The molecule has 0 spiro atoms. The molecule has 0 amide bonds. The van der Waals surface area contributed by atoms with E-state index in [0.29, 0.717) is 4.90 Å². The minimum absolute atomic E-state index is 0. The molecule has 0 heterocycles. The zero-order chi connectivity index (χ0) is 5.98. The summed E-state index contributed by atoms with van der Waals surface area (Å²) >= 11 is 3.95. The van der Waals surface area contributed by atoms with Crippen molar-refractivity contribution < 1.29 is 5.11 Å². The number of phenols is 1. The van der Waals surface area contributed by atoms with Gasteiger partial charge in [-0.1, -0.05) is 12.1 Å². The predicted molar refractivity (Wildman–Crippen MR) is 42.5 cm³/mol. The summed E-state index contributed by atoms with van der Waals surface area (Å²) in [6.45, 7) is 0. The van der Waals surface area contributed by atoms with Crippen LogP contribution >= 0.6 is 12.6 Å². The molecule has 3 heteroatoms. The van der Waals surface area contributed by atoms with Crippen molar-refractivity contribution in [1.29, 1.82) is 0 Å². The second-order valence-corrected chi connectivity index (χ2v) is 1.97. The number of aromatic hydroxyl groups is 1. The Morgan fingerprint density at radius 3 is 2.11 bits per heavy atom. The summed E-state index contributed by atoms with van der Waals surface area (Å²) in [6.07, 6.45) is 0. The van der Waals surface area contributed by atoms with E-state index < -0.39 is 0 Å². The van der Waals surface area contributed by atoms with Crippen LogP contribution in [0, 0.1) is 0 Å². The molecule has 1 rings (SSSR count). The van der Waals surface area contributed by atoms with Crippen LogP contribution in [0.15, 0.2) is 29.2 Å². The van der Waals surface area contributed by atoms with Crippen LogP contribution in [0.1, 0.15) is 0 Å². The third kappa shape index (κ3) is 2.63. The molecule has 1 nitrogen and oxygen atoms in total. The Balaban J connectivity index is 0.000000640. The van der Waals surface area contributed by atoms with Gasteiger partial charge in [-0.3, -0.25) is 0 Å². The number of rotatable bonds is 0. The van der Waals surface area contributed by atoms with Gasteiger partial charge < -0.3 is 5.11 Å². The van der Waals surface area contributed by atoms with Gasteiger partial charge in [0.25, 0.3) is 0 Å². The van der Waals surface area contributed by atoms with Crippen molar-refractivity contribution in [3.8, 4) is 5.75 Å². The Hall–Kier alpha value is 0.370. The quantitative estimate of drug-likeness (QED) is 0.418. The second kappa shape index (κ2) is 4.23. The van der Waals surface area contributed by atoms with E-state index in [0.717, 1.165) is 0 Å². The molecule has 0 aromatic heterocycles. The first-order chi connectivity index (χ1) is 3.80. The monoisotopic (exact) mass is 150 g/mol. The fourth-order valence-corrected chi connectivity index (χ4v) is 0.625. The van der Waals surface area contributed by atoms with Gasteiger partial charge in [0.1, 0.15) is 5.75 Å². The van der Waals surface area contributed by atoms with Gasteiger partial charge in [0.15, 0.2) is 0 Å². The molecule has 0 bridgehead atoms. The zero-order valence-electron chi connectivity index (χ0n) is 4.20. The van der Waals surface area contributed by atoms with Crippen molar-refractivity contribution in [2.75, 3.05) is 0 Å². The molecule has 0 aliphatic rings. The summed E-state index contributed by atoms with van der Waals surface area (Å²) < 4.78 is 0. The number of hydrogen-bond acceptors (Lipinski definition) is 2. The van der Waals surface area contributed by atoms with E-state index in [1.54, 1.807) is 18.2 Å². The third-order valence-corrected chi connectivity index (χ3v) is 1.26. The van der Waals surface area contributed by atoms with Crippen LogP contribution in [0.2, 0.25) is 0 Å². The molecule has 9 heavy (non-hydrogen) atoms. The van der Waals surface area contributed by atoms with Crippen LogP contribution in [0.25, 0.3) is 0 Å². The van der Waals surface area contributed by atoms with Gasteiger partial charge in [-0.25, -0.2) is 0 Å². The standard InChI is InChI=1S/C6H6OS.Na.H/c7-5-3-1-2-4-6(5)8;;/h1-4,7-8H;;. The number of benzene rings is 1. The van der Waals surface area contributed by atoms with E-state index in [-0.39, 0.29) is 35.3 Å². The maximum atomic E-state index is 8.84. The molecule has 0 unspecified atom stereocenters. The Morgan fingerprint density at radius 1 is 1.22 bits per heavy atom. The summed E-state index contributed by atoms with van der Waals surface area (Å²) in [6, 6.07) is 6.91. The SMILES string of the molecule is Oc1ccccc1S.[NaH]. The first-order valence-electron chi connectivity index (χ1n) is 2.27. The van der Waals surface area contributed by atoms with Gasteiger partial charge >= 0.3 is 29.6 Å². The van der Waals surface area contributed by atoms with Crippen LogP contribution in [-0.4, -0.2) is 34.7 Å². The molecule has 44 valence electrons. The number of phenolic OH excluding ortho intramolecular Hbond substituents is 1. The van der Waals surface area contributed by atoms with E-state index in [1.807, 2.05) is 6.07 Å². The Labute approximate surface area is 81.8 Å². The van der Waals surface area contributed by atoms with Crippen molar-refractivity contribution in [2.24, 2.45) is 0 Å². The Bertz CT molecular complexity index is 169. The first-order valence-corrected chi connectivity index (χ1v) is 2.72. The zero-order valence-corrected chi connectivity index (χ0v) is 5.10. The van der Waals surface area contributed by atoms with Gasteiger partial charge in [0.05, 0.1) is 0 Å². The predicted octanol–water partition coefficient (Wildman–Crippen LogP) is 1.03. The molecule has 1 N–H and O–H groups in total. The number of thiol groups is 1. The van der Waals surface area contributed by atoms with Crippen molar-refractivity contribution >= 4 is 42.2 Å². The molecule has 1 aromatic rings. The topological polar surface area (TPSA) is 20.2 Å². The third-order valence-electron chi connectivity index (χ3n) is 0.882. The van der Waals surface area contributed by atoms with Crippen molar-refractivity contribution in [2.45, 2.75) is 4.90 Å². The molecule has 0 saturated heterocycles. The normalized spacial score (nSPS) is 8.11. The number of hydrogen-bond donors (Lipinski definition) is 2. The second-order valence-electron chi connectivity index (χ2n) is 1.49. The van der Waals surface area contributed by atoms with Gasteiger partial charge in [-0.05, 0) is 12.1 Å². The number of para-hydroxylation sites is 1. The average molecular weight is 150 g/mol. The van der Waals surface area contributed by atoms with Crippen LogP contribution in [-0.2, 0) is 0 Å². The average Bonchev–Trinajstić information content (AvgIpc) is 1.77. The summed E-state index contributed by atoms with van der Waals surface area (Å²) in [5.41, 5.74) is 0. The van der Waals surface area contributed by atoms with Crippen LogP contribution in [0.4, 0.5) is 0 Å². The molecule has 0 atom stereocenters. The van der Waals surface area contributed by atoms with E-state index >= 15 is 0 Å². The van der Waals surface area contributed by atoms with E-state index in [2.05, 4.69) is 12.6 Å². The first kappa shape index (κ1) is 9.37. The van der Waals surface area contributed by atoms with Crippen LogP contribution < -0.4 is 0 Å². The molecule has 1 aromatic carbocycles. The minimum atomic E-state index is 0. The molecular weight excluding hydrogens is 143 g/mol. The molecule has 0 radical (unpaired) electrons. The summed E-state index contributed by atoms with van der Waals surface area (Å²) in [7, 11) is 0. The molecule has 0 aliphatic heterocycles. The van der Waals surface area contributed by atoms with Crippen molar-refractivity contribution in [3.63, 3.8) is 0 Å². The van der Waals surface area contributed by atoms with Crippen LogP contribution in [0.5, 0.6) is 5.75 Å². The summed E-state index contributed by atoms with van der Waals surface area (Å²) in [5.74, 6) is 0.232. The van der Waals surface area contributed by atoms with Crippen molar-refractivity contribution in [1.82, 2.24) is 0 Å². The van der Waals surface area contributed by atoms with Gasteiger partial charge in [-0.2, -0.15) is 0 Å². The molecule has 0 aliphatic carbocycles. The Kier molecular flexibility index (Phi) is 4.40. The fourth-order valence-electron chi connectivity index (χ4n) is 0.464. The molecular formula is C6H7NaOS. The van der Waals surface area contributed by atoms with Gasteiger partial charge in [0, 0.05) is 4.90 Å². The van der Waals surface area contributed by atoms with Gasteiger partial charge in [0.2, 0.25) is 0 Å². The Morgan fingerprint density at radius 2 is 1.78 bits per heavy atom. The fraction of sp³-hybridized carbons (Fsp3) is 0. The molecule has 0 saturated carbocycles.